The summed E-state index contributed by atoms with van der Waals surface area (Å²) in [5.74, 6) is 0.487. The molecule has 0 amide bonds. The van der Waals surface area contributed by atoms with Crippen LogP contribution in [0.3, 0.4) is 0 Å². The third-order valence-corrected chi connectivity index (χ3v) is 5.19. The average molecular weight is 366 g/mol. The van der Waals surface area contributed by atoms with Crippen molar-refractivity contribution in [2.75, 3.05) is 44.6 Å². The molecule has 0 unspecified atom stereocenters. The quantitative estimate of drug-likeness (QED) is 0.610. The van der Waals surface area contributed by atoms with Crippen molar-refractivity contribution in [1.29, 1.82) is 0 Å². The highest BCUT2D eigenvalue weighted by atomic mass is 15.3. The fourth-order valence-corrected chi connectivity index (χ4v) is 3.33. The first-order valence-corrected chi connectivity index (χ1v) is 9.73. The number of rotatable bonds is 6. The fourth-order valence-electron chi connectivity index (χ4n) is 3.33. The number of nitrogens with one attached hydrogen (secondary N) is 1. The summed E-state index contributed by atoms with van der Waals surface area (Å²) in [5.41, 5.74) is 10.9. The number of piperazine rings is 1. The van der Waals surface area contributed by atoms with Crippen molar-refractivity contribution in [2.24, 2.45) is 10.7 Å². The van der Waals surface area contributed by atoms with Crippen LogP contribution >= 0.6 is 0 Å². The maximum atomic E-state index is 6.03. The molecular formula is C22H31N5. The van der Waals surface area contributed by atoms with E-state index < -0.39 is 0 Å². The molecule has 3 rings (SSSR count). The molecule has 1 saturated heterocycles. The number of benzene rings is 2. The van der Waals surface area contributed by atoms with Crippen molar-refractivity contribution in [3.63, 3.8) is 0 Å². The number of nitrogens with two attached hydrogens (primary N) is 1. The first kappa shape index (κ1) is 19.4. The van der Waals surface area contributed by atoms with Crippen LogP contribution in [0, 0.1) is 13.8 Å². The zero-order valence-corrected chi connectivity index (χ0v) is 16.5. The number of hydrogen-bond acceptors (Lipinski definition) is 3. The topological polar surface area (TPSA) is 56.9 Å². The van der Waals surface area contributed by atoms with Crippen LogP contribution in [0.1, 0.15) is 16.7 Å². The molecule has 1 aliphatic rings. The third-order valence-electron chi connectivity index (χ3n) is 5.19. The zero-order chi connectivity index (χ0) is 19.1. The molecule has 144 valence electrons. The van der Waals surface area contributed by atoms with Crippen molar-refractivity contribution in [2.45, 2.75) is 20.4 Å². The van der Waals surface area contributed by atoms with E-state index in [1.807, 2.05) is 6.07 Å². The maximum Gasteiger partial charge on any atom is 0.193 e. The summed E-state index contributed by atoms with van der Waals surface area (Å²) in [6, 6.07) is 16.9. The van der Waals surface area contributed by atoms with Gasteiger partial charge in [0.05, 0.1) is 6.54 Å². The molecule has 0 atom stereocenters. The van der Waals surface area contributed by atoms with Gasteiger partial charge in [-0.15, -0.1) is 0 Å². The van der Waals surface area contributed by atoms with Gasteiger partial charge in [-0.25, -0.2) is 0 Å². The van der Waals surface area contributed by atoms with Crippen LogP contribution < -0.4 is 11.1 Å². The molecule has 5 heteroatoms. The minimum Gasteiger partial charge on any atom is -0.370 e. The van der Waals surface area contributed by atoms with E-state index in [0.717, 1.165) is 51.5 Å². The molecular weight excluding hydrogens is 334 g/mol. The first-order valence-electron chi connectivity index (χ1n) is 9.73. The Hall–Kier alpha value is -2.37. The van der Waals surface area contributed by atoms with Gasteiger partial charge in [-0.05, 0) is 42.7 Å². The second kappa shape index (κ2) is 9.53. The molecule has 3 N–H and O–H groups in total. The number of anilines is 1. The SMILES string of the molecule is Cc1ccc(NC(N)=NCCN2CCN(Cc3ccccc3)CC2)cc1C. The molecule has 1 heterocycles. The Morgan fingerprint density at radius 3 is 2.37 bits per heavy atom. The highest BCUT2D eigenvalue weighted by Crippen LogP contribution is 2.13. The van der Waals surface area contributed by atoms with Crippen molar-refractivity contribution < 1.29 is 0 Å². The summed E-state index contributed by atoms with van der Waals surface area (Å²) in [6.45, 7) is 11.3. The maximum absolute atomic E-state index is 6.03. The third kappa shape index (κ3) is 6.08. The van der Waals surface area contributed by atoms with Gasteiger partial charge in [0.15, 0.2) is 5.96 Å². The van der Waals surface area contributed by atoms with E-state index in [2.05, 4.69) is 76.4 Å². The molecule has 2 aromatic rings. The summed E-state index contributed by atoms with van der Waals surface area (Å²) >= 11 is 0. The Labute approximate surface area is 162 Å². The summed E-state index contributed by atoms with van der Waals surface area (Å²) in [7, 11) is 0. The molecule has 2 aromatic carbocycles. The molecule has 0 aromatic heterocycles. The van der Waals surface area contributed by atoms with Crippen LogP contribution in [0.25, 0.3) is 0 Å². The van der Waals surface area contributed by atoms with Gasteiger partial charge in [-0.2, -0.15) is 0 Å². The van der Waals surface area contributed by atoms with Crippen LogP contribution in [-0.2, 0) is 6.54 Å². The van der Waals surface area contributed by atoms with Crippen LogP contribution in [0.2, 0.25) is 0 Å². The van der Waals surface area contributed by atoms with Gasteiger partial charge in [0, 0.05) is 45.0 Å². The lowest BCUT2D eigenvalue weighted by atomic mass is 10.1. The zero-order valence-electron chi connectivity index (χ0n) is 16.5. The number of guanidine groups is 1. The number of hydrogen-bond donors (Lipinski definition) is 2. The van der Waals surface area contributed by atoms with E-state index in [0.29, 0.717) is 5.96 Å². The Morgan fingerprint density at radius 2 is 1.67 bits per heavy atom. The largest absolute Gasteiger partial charge is 0.370 e. The van der Waals surface area contributed by atoms with E-state index in [4.69, 9.17) is 5.73 Å². The summed E-state index contributed by atoms with van der Waals surface area (Å²) in [4.78, 5) is 9.47. The standard InChI is InChI=1S/C22H31N5/c1-18-8-9-21(16-19(18)2)25-22(23)24-10-11-26-12-14-27(15-13-26)17-20-6-4-3-5-7-20/h3-9,16H,10-15,17H2,1-2H3,(H3,23,24,25). The van der Waals surface area contributed by atoms with Gasteiger partial charge in [0.2, 0.25) is 0 Å². The molecule has 1 aliphatic heterocycles. The molecule has 1 fully saturated rings. The van der Waals surface area contributed by atoms with Gasteiger partial charge in [-0.1, -0.05) is 36.4 Å². The van der Waals surface area contributed by atoms with Crippen molar-refractivity contribution in [3.8, 4) is 0 Å². The van der Waals surface area contributed by atoms with E-state index in [-0.39, 0.29) is 0 Å². The second-order valence-corrected chi connectivity index (χ2v) is 7.29. The van der Waals surface area contributed by atoms with Crippen molar-refractivity contribution >= 4 is 11.6 Å². The second-order valence-electron chi connectivity index (χ2n) is 7.29. The van der Waals surface area contributed by atoms with Gasteiger partial charge in [0.25, 0.3) is 0 Å². The van der Waals surface area contributed by atoms with E-state index in [9.17, 15) is 0 Å². The van der Waals surface area contributed by atoms with Crippen molar-refractivity contribution in [1.82, 2.24) is 9.80 Å². The lowest BCUT2D eigenvalue weighted by Crippen LogP contribution is -2.46. The van der Waals surface area contributed by atoms with Crippen LogP contribution in [0.4, 0.5) is 5.69 Å². The number of aryl methyl sites for hydroxylation is 2. The average Bonchev–Trinajstić information content (AvgIpc) is 2.67. The summed E-state index contributed by atoms with van der Waals surface area (Å²) in [6.07, 6.45) is 0. The van der Waals surface area contributed by atoms with Crippen LogP contribution in [0.15, 0.2) is 53.5 Å². The monoisotopic (exact) mass is 365 g/mol. The van der Waals surface area contributed by atoms with E-state index >= 15 is 0 Å². The highest BCUT2D eigenvalue weighted by Gasteiger charge is 2.16. The normalized spacial score (nSPS) is 16.4. The Balaban J connectivity index is 1.38. The Morgan fingerprint density at radius 1 is 0.963 bits per heavy atom. The fraction of sp³-hybridized carbons (Fsp3) is 0.409. The Kier molecular flexibility index (Phi) is 6.85. The number of nitrogens with zero attached hydrogens (tertiary/aromatic N) is 3. The molecule has 0 spiro atoms. The highest BCUT2D eigenvalue weighted by molar-refractivity contribution is 5.92. The van der Waals surface area contributed by atoms with Crippen LogP contribution in [0.5, 0.6) is 0 Å². The van der Waals surface area contributed by atoms with E-state index in [1.54, 1.807) is 0 Å². The first-order chi connectivity index (χ1) is 13.1. The predicted molar refractivity (Wildman–Crippen MR) is 114 cm³/mol. The Bertz CT molecular complexity index is 749. The minimum atomic E-state index is 0.487. The molecule has 0 saturated carbocycles. The predicted octanol–water partition coefficient (Wildman–Crippen LogP) is 2.85. The summed E-state index contributed by atoms with van der Waals surface area (Å²) < 4.78 is 0. The molecule has 27 heavy (non-hydrogen) atoms. The van der Waals surface area contributed by atoms with Crippen molar-refractivity contribution in [3.05, 3.63) is 65.2 Å². The van der Waals surface area contributed by atoms with E-state index in [1.165, 1.54) is 16.7 Å². The molecule has 0 radical (unpaired) electrons. The van der Waals surface area contributed by atoms with Gasteiger partial charge in [0.1, 0.15) is 0 Å². The lowest BCUT2D eigenvalue weighted by Gasteiger charge is -2.34. The smallest absolute Gasteiger partial charge is 0.193 e. The molecule has 0 bridgehead atoms. The van der Waals surface area contributed by atoms with Gasteiger partial charge < -0.3 is 11.1 Å². The minimum absolute atomic E-state index is 0.487. The lowest BCUT2D eigenvalue weighted by molar-refractivity contribution is 0.130. The van der Waals surface area contributed by atoms with Crippen LogP contribution in [-0.4, -0.2) is 55.0 Å². The van der Waals surface area contributed by atoms with Gasteiger partial charge >= 0.3 is 0 Å². The van der Waals surface area contributed by atoms with Gasteiger partial charge in [-0.3, -0.25) is 14.8 Å². The number of aliphatic imine (C=N–C) groups is 1. The molecule has 5 nitrogen and oxygen atoms in total. The summed E-state index contributed by atoms with van der Waals surface area (Å²) in [5, 5.41) is 3.18. The molecule has 0 aliphatic carbocycles.